The molecule has 0 aliphatic heterocycles. The Bertz CT molecular complexity index is 118. The first-order valence-corrected chi connectivity index (χ1v) is 3.53. The second-order valence-electron chi connectivity index (χ2n) is 1.42. The van der Waals surface area contributed by atoms with Crippen molar-refractivity contribution >= 4 is 22.6 Å². The van der Waals surface area contributed by atoms with Gasteiger partial charge in [-0.2, -0.15) is 0 Å². The van der Waals surface area contributed by atoms with Crippen molar-refractivity contribution in [3.8, 4) is 0 Å². The van der Waals surface area contributed by atoms with E-state index < -0.39 is 0 Å². The molecule has 0 aromatic rings. The molecule has 46 valence electrons. The molecule has 2 nitrogen and oxygen atoms in total. The normalized spacial score (nSPS) is 11.6. The predicted octanol–water partition coefficient (Wildman–Crippen LogP) is 1.76. The Morgan fingerprint density at radius 3 is 2.12 bits per heavy atom. The fourth-order valence-corrected chi connectivity index (χ4v) is 0.510. The van der Waals surface area contributed by atoms with Crippen LogP contribution in [0, 0.1) is 5.41 Å². The van der Waals surface area contributed by atoms with Gasteiger partial charge >= 0.3 is 0 Å². The van der Waals surface area contributed by atoms with Crippen LogP contribution in [-0.4, -0.2) is 17.1 Å². The first-order valence-electron chi connectivity index (χ1n) is 2.31. The maximum atomic E-state index is 6.93. The van der Waals surface area contributed by atoms with Gasteiger partial charge in [-0.05, 0) is 20.1 Å². The maximum Gasteiger partial charge on any atom is 0.118 e. The Morgan fingerprint density at radius 2 is 2.00 bits per heavy atom. The molecule has 1 N–H and O–H groups in total. The molecular weight excluding hydrogens is 120 g/mol. The number of aliphatic imine (C=N–C) groups is 1. The molecule has 0 saturated heterocycles. The third-order valence-corrected chi connectivity index (χ3v) is 1.30. The highest BCUT2D eigenvalue weighted by atomic mass is 32.2. The third-order valence-electron chi connectivity index (χ3n) is 0.621. The van der Waals surface area contributed by atoms with E-state index in [2.05, 4.69) is 4.99 Å². The molecule has 0 fully saturated rings. The summed E-state index contributed by atoms with van der Waals surface area (Å²) in [6, 6.07) is 0. The summed E-state index contributed by atoms with van der Waals surface area (Å²) >= 11 is 1.56. The van der Waals surface area contributed by atoms with Crippen molar-refractivity contribution in [1.82, 2.24) is 0 Å². The molecule has 3 heteroatoms. The van der Waals surface area contributed by atoms with Crippen LogP contribution in [-0.2, 0) is 0 Å². The van der Waals surface area contributed by atoms with Crippen LogP contribution >= 0.6 is 11.8 Å². The molecule has 0 bridgehead atoms. The Hall–Kier alpha value is -0.310. The van der Waals surface area contributed by atoms with Crippen molar-refractivity contribution < 1.29 is 0 Å². The Labute approximate surface area is 53.9 Å². The van der Waals surface area contributed by atoms with Gasteiger partial charge in [-0.1, -0.05) is 0 Å². The third kappa shape index (κ3) is 3.87. The number of hydrogen-bond acceptors (Lipinski definition) is 2. The average molecular weight is 130 g/mol. The number of nitrogens with one attached hydrogen (secondary N) is 1. The fraction of sp³-hybridized carbons (Fsp3) is 0.600. The molecule has 0 spiro atoms. The standard InChI is InChI=1S/C5H10N2S/c1-4(6)7-5(2)8-3/h6H,1-3H3/b6-4?,7-5-. The van der Waals surface area contributed by atoms with Crippen LogP contribution in [0.1, 0.15) is 13.8 Å². The molecule has 0 aromatic carbocycles. The van der Waals surface area contributed by atoms with Gasteiger partial charge < -0.3 is 0 Å². The first-order chi connectivity index (χ1) is 3.66. The topological polar surface area (TPSA) is 36.2 Å². The van der Waals surface area contributed by atoms with Gasteiger partial charge in [0, 0.05) is 0 Å². The van der Waals surface area contributed by atoms with E-state index in [1.165, 1.54) is 0 Å². The van der Waals surface area contributed by atoms with Crippen molar-refractivity contribution in [3.63, 3.8) is 0 Å². The summed E-state index contributed by atoms with van der Waals surface area (Å²) in [6.07, 6.45) is 1.95. The van der Waals surface area contributed by atoms with Crippen LogP contribution in [0.5, 0.6) is 0 Å². The molecule has 0 rings (SSSR count). The summed E-state index contributed by atoms with van der Waals surface area (Å²) in [5.41, 5.74) is 0. The Balaban J connectivity index is 3.75. The molecular formula is C5H10N2S. The van der Waals surface area contributed by atoms with E-state index in [4.69, 9.17) is 5.41 Å². The maximum absolute atomic E-state index is 6.93. The van der Waals surface area contributed by atoms with E-state index in [-0.39, 0.29) is 0 Å². The molecule has 0 aliphatic rings. The molecule has 0 unspecified atom stereocenters. The highest BCUT2D eigenvalue weighted by Crippen LogP contribution is 1.95. The molecule has 0 aromatic heterocycles. The van der Waals surface area contributed by atoms with E-state index in [0.29, 0.717) is 5.84 Å². The van der Waals surface area contributed by atoms with Crippen molar-refractivity contribution in [3.05, 3.63) is 0 Å². The molecule has 0 amide bonds. The second-order valence-corrected chi connectivity index (χ2v) is 2.42. The molecule has 8 heavy (non-hydrogen) atoms. The summed E-state index contributed by atoms with van der Waals surface area (Å²) in [6.45, 7) is 3.56. The quantitative estimate of drug-likeness (QED) is 0.393. The Morgan fingerprint density at radius 1 is 1.50 bits per heavy atom. The highest BCUT2D eigenvalue weighted by Gasteiger charge is 1.83. The lowest BCUT2D eigenvalue weighted by atomic mass is 10.7. The van der Waals surface area contributed by atoms with E-state index in [1.807, 2.05) is 13.2 Å². The number of amidine groups is 1. The van der Waals surface area contributed by atoms with Gasteiger partial charge in [-0.15, -0.1) is 11.8 Å². The largest absolute Gasteiger partial charge is 0.287 e. The number of rotatable bonds is 0. The van der Waals surface area contributed by atoms with Crippen LogP contribution in [0.15, 0.2) is 4.99 Å². The minimum Gasteiger partial charge on any atom is -0.287 e. The average Bonchev–Trinajstić information content (AvgIpc) is 1.65. The minimum absolute atomic E-state index is 0.372. The second kappa shape index (κ2) is 3.66. The van der Waals surface area contributed by atoms with Gasteiger partial charge in [0.05, 0.1) is 5.04 Å². The fourth-order valence-electron chi connectivity index (χ4n) is 0.282. The van der Waals surface area contributed by atoms with Crippen LogP contribution in [0.25, 0.3) is 0 Å². The number of nitrogens with zero attached hydrogens (tertiary/aromatic N) is 1. The lowest BCUT2D eigenvalue weighted by Crippen LogP contribution is -1.87. The summed E-state index contributed by atoms with van der Waals surface area (Å²) in [4.78, 5) is 3.86. The van der Waals surface area contributed by atoms with Crippen LogP contribution in [0.3, 0.4) is 0 Å². The smallest absolute Gasteiger partial charge is 0.118 e. The SMILES string of the molecule is CS/C(C)=N\C(C)=N. The van der Waals surface area contributed by atoms with Crippen molar-refractivity contribution in [1.29, 1.82) is 5.41 Å². The van der Waals surface area contributed by atoms with Crippen molar-refractivity contribution in [2.45, 2.75) is 13.8 Å². The van der Waals surface area contributed by atoms with Gasteiger partial charge in [-0.25, -0.2) is 4.99 Å². The zero-order chi connectivity index (χ0) is 6.57. The van der Waals surface area contributed by atoms with Crippen LogP contribution in [0.2, 0.25) is 0 Å². The number of thioether (sulfide) groups is 1. The zero-order valence-corrected chi connectivity index (χ0v) is 6.17. The van der Waals surface area contributed by atoms with Crippen molar-refractivity contribution in [2.24, 2.45) is 4.99 Å². The van der Waals surface area contributed by atoms with Crippen molar-refractivity contribution in [2.75, 3.05) is 6.26 Å². The van der Waals surface area contributed by atoms with E-state index in [9.17, 15) is 0 Å². The summed E-state index contributed by atoms with van der Waals surface area (Å²) < 4.78 is 0. The van der Waals surface area contributed by atoms with Crippen LogP contribution in [0.4, 0.5) is 0 Å². The first kappa shape index (κ1) is 7.69. The summed E-state index contributed by atoms with van der Waals surface area (Å²) in [7, 11) is 0. The minimum atomic E-state index is 0.372. The van der Waals surface area contributed by atoms with Gasteiger partial charge in [0.15, 0.2) is 0 Å². The molecule has 0 heterocycles. The molecule has 0 atom stereocenters. The van der Waals surface area contributed by atoms with Crippen LogP contribution < -0.4 is 0 Å². The molecule has 0 radical (unpaired) electrons. The van der Waals surface area contributed by atoms with Gasteiger partial charge in [0.1, 0.15) is 5.84 Å². The predicted molar refractivity (Wildman–Crippen MR) is 40.0 cm³/mol. The lowest BCUT2D eigenvalue weighted by Gasteiger charge is -1.89. The summed E-state index contributed by atoms with van der Waals surface area (Å²) in [5, 5.41) is 7.87. The van der Waals surface area contributed by atoms with E-state index in [0.717, 1.165) is 5.04 Å². The summed E-state index contributed by atoms with van der Waals surface area (Å²) in [5.74, 6) is 0.372. The van der Waals surface area contributed by atoms with Gasteiger partial charge in [0.25, 0.3) is 0 Å². The monoisotopic (exact) mass is 130 g/mol. The van der Waals surface area contributed by atoms with E-state index >= 15 is 0 Å². The highest BCUT2D eigenvalue weighted by molar-refractivity contribution is 8.13. The van der Waals surface area contributed by atoms with E-state index in [1.54, 1.807) is 18.7 Å². The molecule has 0 saturated carbocycles. The Kier molecular flexibility index (Phi) is 3.52. The zero-order valence-electron chi connectivity index (χ0n) is 5.36. The van der Waals surface area contributed by atoms with Gasteiger partial charge in [-0.3, -0.25) is 5.41 Å². The molecule has 0 aliphatic carbocycles. The lowest BCUT2D eigenvalue weighted by molar-refractivity contribution is 1.41. The number of hydrogen-bond donors (Lipinski definition) is 1. The van der Waals surface area contributed by atoms with Gasteiger partial charge in [0.2, 0.25) is 0 Å².